The number of urea groups is 1. The Labute approximate surface area is 264 Å². The topological polar surface area (TPSA) is 156 Å². The molecule has 0 atom stereocenters. The van der Waals surface area contributed by atoms with E-state index in [-0.39, 0.29) is 34.0 Å². The summed E-state index contributed by atoms with van der Waals surface area (Å²) < 4.78 is 51.0. The number of carboxylic acids is 1. The Morgan fingerprint density at radius 2 is 1.69 bits per heavy atom. The Morgan fingerprint density at radius 3 is 2.24 bits per heavy atom. The first kappa shape index (κ1) is 33.2. The zero-order chi connectivity index (χ0) is 33.4. The summed E-state index contributed by atoms with van der Waals surface area (Å²) in [6.45, 7) is 1.55. The predicted molar refractivity (Wildman–Crippen MR) is 166 cm³/mol. The first-order chi connectivity index (χ1) is 21.1. The van der Waals surface area contributed by atoms with Crippen molar-refractivity contribution in [3.05, 3.63) is 88.6 Å². The number of aromatic nitrogens is 3. The van der Waals surface area contributed by atoms with Crippen molar-refractivity contribution in [2.75, 3.05) is 17.7 Å². The molecule has 0 spiro atoms. The van der Waals surface area contributed by atoms with Crippen molar-refractivity contribution in [1.82, 2.24) is 19.0 Å². The normalized spacial score (nSPS) is 12.7. The zero-order valence-electron chi connectivity index (χ0n) is 23.8. The standard InChI is InChI=1S/C26H24FIN6O4.C2HF3O2/c1-13-21-20(22(32(3)23(13)35)31-19-10-7-14(28)11-18(19)27)24(36)34(16-8-9-16)26(38)33(21)17-6-4-5-15(12-17)30-25(37)29-2;3-2(4,5)1(6)7/h4-7,10-12,16,31H,8-9H2,1-3H3,(H2,29,30,37);(H,6,7). The number of hydrogen-bond acceptors (Lipinski definition) is 6. The first-order valence-electron chi connectivity index (χ1n) is 13.1. The lowest BCUT2D eigenvalue weighted by molar-refractivity contribution is -0.192. The fourth-order valence-electron chi connectivity index (χ4n) is 4.49. The van der Waals surface area contributed by atoms with Gasteiger partial charge in [-0.15, -0.1) is 0 Å². The molecule has 238 valence electrons. The third-order valence-corrected chi connectivity index (χ3v) is 7.44. The fraction of sp³-hybridized carbons (Fsp3) is 0.250. The Hall–Kier alpha value is -4.68. The van der Waals surface area contributed by atoms with E-state index in [1.165, 1.54) is 39.9 Å². The Kier molecular flexibility index (Phi) is 9.40. The minimum absolute atomic E-state index is 0.0727. The van der Waals surface area contributed by atoms with Gasteiger partial charge in [0, 0.05) is 35.0 Å². The van der Waals surface area contributed by atoms with E-state index in [0.29, 0.717) is 27.8 Å². The quantitative estimate of drug-likeness (QED) is 0.175. The van der Waals surface area contributed by atoms with Gasteiger partial charge in [0.05, 0.1) is 16.9 Å². The van der Waals surface area contributed by atoms with Gasteiger partial charge in [-0.25, -0.2) is 18.8 Å². The molecule has 0 bridgehead atoms. The number of aryl methyl sites for hydroxylation is 1. The maximum atomic E-state index is 14.8. The van der Waals surface area contributed by atoms with Crippen molar-refractivity contribution < 1.29 is 32.3 Å². The molecule has 1 saturated carbocycles. The third-order valence-electron chi connectivity index (χ3n) is 6.77. The third kappa shape index (κ3) is 6.86. The maximum Gasteiger partial charge on any atom is 0.490 e. The zero-order valence-corrected chi connectivity index (χ0v) is 25.9. The lowest BCUT2D eigenvalue weighted by Gasteiger charge is -2.21. The van der Waals surface area contributed by atoms with Crippen LogP contribution in [0.3, 0.4) is 0 Å². The summed E-state index contributed by atoms with van der Waals surface area (Å²) in [4.78, 5) is 61.8. The van der Waals surface area contributed by atoms with Crippen LogP contribution in [-0.4, -0.2) is 44.0 Å². The van der Waals surface area contributed by atoms with Gasteiger partial charge in [0.15, 0.2) is 0 Å². The molecule has 17 heteroatoms. The van der Waals surface area contributed by atoms with Gasteiger partial charge in [-0.3, -0.25) is 23.3 Å². The number of fused-ring (bicyclic) bond motifs is 1. The number of rotatable bonds is 5. The molecular weight excluding hydrogens is 719 g/mol. The molecule has 1 fully saturated rings. The molecular formula is C28H25F4IN6O6. The van der Waals surface area contributed by atoms with Crippen molar-refractivity contribution in [2.24, 2.45) is 7.05 Å². The highest BCUT2D eigenvalue weighted by Crippen LogP contribution is 2.34. The number of aliphatic carboxylic acids is 1. The highest BCUT2D eigenvalue weighted by Gasteiger charge is 2.38. The van der Waals surface area contributed by atoms with E-state index in [1.807, 2.05) is 22.6 Å². The Morgan fingerprint density at radius 1 is 1.04 bits per heavy atom. The molecule has 2 amide bonds. The largest absolute Gasteiger partial charge is 0.490 e. The lowest BCUT2D eigenvalue weighted by atomic mass is 10.1. The first-order valence-corrected chi connectivity index (χ1v) is 14.2. The predicted octanol–water partition coefficient (Wildman–Crippen LogP) is 4.37. The average Bonchev–Trinajstić information content (AvgIpc) is 3.80. The molecule has 1 aliphatic rings. The lowest BCUT2D eigenvalue weighted by Crippen LogP contribution is -2.41. The number of pyridine rings is 1. The van der Waals surface area contributed by atoms with Gasteiger partial charge < -0.3 is 21.1 Å². The maximum absolute atomic E-state index is 14.8. The number of halogens is 5. The molecule has 4 aromatic rings. The van der Waals surface area contributed by atoms with Crippen molar-refractivity contribution in [3.63, 3.8) is 0 Å². The molecule has 5 rings (SSSR count). The summed E-state index contributed by atoms with van der Waals surface area (Å²) in [5.41, 5.74) is -0.471. The second-order valence-corrected chi connectivity index (χ2v) is 11.1. The van der Waals surface area contributed by atoms with Gasteiger partial charge in [0.25, 0.3) is 11.1 Å². The molecule has 0 radical (unpaired) electrons. The Balaban J connectivity index is 0.000000591. The van der Waals surface area contributed by atoms with Crippen molar-refractivity contribution in [2.45, 2.75) is 32.0 Å². The number of nitrogens with one attached hydrogen (secondary N) is 3. The van der Waals surface area contributed by atoms with Gasteiger partial charge in [-0.05, 0) is 78.8 Å². The fourth-order valence-corrected chi connectivity index (χ4v) is 4.94. The molecule has 2 aromatic carbocycles. The van der Waals surface area contributed by atoms with E-state index in [1.54, 1.807) is 37.3 Å². The van der Waals surface area contributed by atoms with Gasteiger partial charge in [-0.1, -0.05) is 6.07 Å². The van der Waals surface area contributed by atoms with E-state index >= 15 is 0 Å². The van der Waals surface area contributed by atoms with Crippen molar-refractivity contribution >= 4 is 62.7 Å². The van der Waals surface area contributed by atoms with Crippen LogP contribution in [0.25, 0.3) is 16.6 Å². The van der Waals surface area contributed by atoms with E-state index in [9.17, 15) is 36.7 Å². The van der Waals surface area contributed by atoms with Crippen molar-refractivity contribution in [1.29, 1.82) is 0 Å². The highest BCUT2D eigenvalue weighted by molar-refractivity contribution is 14.1. The number of nitrogens with zero attached hydrogens (tertiary/aromatic N) is 3. The summed E-state index contributed by atoms with van der Waals surface area (Å²) in [7, 11) is 2.97. The molecule has 0 unspecified atom stereocenters. The summed E-state index contributed by atoms with van der Waals surface area (Å²) in [5.74, 6) is -3.24. The van der Waals surface area contributed by atoms with Crippen LogP contribution in [0, 0.1) is 16.3 Å². The van der Waals surface area contributed by atoms with Crippen LogP contribution in [-0.2, 0) is 11.8 Å². The van der Waals surface area contributed by atoms with E-state index in [2.05, 4.69) is 16.0 Å². The summed E-state index contributed by atoms with van der Waals surface area (Å²) in [6, 6.07) is 10.4. The van der Waals surface area contributed by atoms with Gasteiger partial charge >= 0.3 is 23.9 Å². The van der Waals surface area contributed by atoms with Crippen LogP contribution in [0.5, 0.6) is 0 Å². The molecule has 2 heterocycles. The number of benzene rings is 2. The smallest absolute Gasteiger partial charge is 0.475 e. The minimum atomic E-state index is -5.08. The van der Waals surface area contributed by atoms with Crippen LogP contribution in [0.1, 0.15) is 24.4 Å². The average molecular weight is 744 g/mol. The van der Waals surface area contributed by atoms with Crippen LogP contribution in [0.4, 0.5) is 39.5 Å². The number of amides is 2. The van der Waals surface area contributed by atoms with Crippen LogP contribution in [0.2, 0.25) is 0 Å². The van der Waals surface area contributed by atoms with Gasteiger partial charge in [-0.2, -0.15) is 13.2 Å². The highest BCUT2D eigenvalue weighted by atomic mass is 127. The summed E-state index contributed by atoms with van der Waals surface area (Å²) in [6.07, 6.45) is -3.75. The number of carbonyl (C=O) groups is 2. The van der Waals surface area contributed by atoms with E-state index in [4.69, 9.17) is 9.90 Å². The van der Waals surface area contributed by atoms with Crippen molar-refractivity contribution in [3.8, 4) is 5.69 Å². The summed E-state index contributed by atoms with van der Waals surface area (Å²) >= 11 is 1.99. The number of anilines is 3. The molecule has 45 heavy (non-hydrogen) atoms. The Bertz CT molecular complexity index is 2020. The van der Waals surface area contributed by atoms with Crippen LogP contribution in [0.15, 0.2) is 56.8 Å². The molecule has 12 nitrogen and oxygen atoms in total. The molecule has 0 saturated heterocycles. The monoisotopic (exact) mass is 744 g/mol. The number of carboxylic acid groups (broad SMARTS) is 1. The SMILES string of the molecule is CNC(=O)Nc1cccc(-n2c(=O)n(C3CC3)c(=O)c3c(Nc4ccc(I)cc4F)n(C)c(=O)c(C)c32)c1.O=C(O)C(F)(F)F. The number of hydrogen-bond donors (Lipinski definition) is 4. The minimum Gasteiger partial charge on any atom is -0.475 e. The van der Waals surface area contributed by atoms with Gasteiger partial charge in [0.2, 0.25) is 0 Å². The van der Waals surface area contributed by atoms with Gasteiger partial charge in [0.1, 0.15) is 17.0 Å². The molecule has 1 aliphatic carbocycles. The molecule has 0 aliphatic heterocycles. The van der Waals surface area contributed by atoms with Crippen LogP contribution >= 0.6 is 22.6 Å². The second-order valence-electron chi connectivity index (χ2n) is 9.89. The summed E-state index contributed by atoms with van der Waals surface area (Å²) in [5, 5.41) is 15.3. The molecule has 2 aromatic heterocycles. The van der Waals surface area contributed by atoms with E-state index < -0.39 is 40.8 Å². The second kappa shape index (κ2) is 12.7. The number of carbonyl (C=O) groups excluding carboxylic acids is 1. The number of alkyl halides is 3. The van der Waals surface area contributed by atoms with Crippen LogP contribution < -0.4 is 32.8 Å². The van der Waals surface area contributed by atoms with E-state index in [0.717, 1.165) is 0 Å². The molecule has 4 N–H and O–H groups in total.